The molecule has 7 heteroatoms. The normalized spacial score (nSPS) is 16.0. The van der Waals surface area contributed by atoms with E-state index in [4.69, 9.17) is 4.42 Å². The number of fused-ring (bicyclic) bond motifs is 1. The van der Waals surface area contributed by atoms with Crippen molar-refractivity contribution < 1.29 is 14.0 Å². The van der Waals surface area contributed by atoms with Gasteiger partial charge in [0, 0.05) is 11.3 Å². The molecular formula is C19H14BrN3O3. The van der Waals surface area contributed by atoms with Gasteiger partial charge in [0.15, 0.2) is 10.8 Å². The summed E-state index contributed by atoms with van der Waals surface area (Å²) in [5, 5.41) is 4.49. The number of hydrogen-bond acceptors (Lipinski definition) is 4. The van der Waals surface area contributed by atoms with Crippen molar-refractivity contribution >= 4 is 33.4 Å². The molecule has 0 fully saturated rings. The summed E-state index contributed by atoms with van der Waals surface area (Å²) in [6.07, 6.45) is -0.670. The summed E-state index contributed by atoms with van der Waals surface area (Å²) in [5.41, 5.74) is 4.30. The van der Waals surface area contributed by atoms with Crippen molar-refractivity contribution in [3.8, 4) is 0 Å². The number of nitrogens with zero attached hydrogens (tertiary/aromatic N) is 1. The van der Waals surface area contributed by atoms with E-state index in [1.54, 1.807) is 48.5 Å². The molecule has 2 heterocycles. The van der Waals surface area contributed by atoms with Gasteiger partial charge in [-0.1, -0.05) is 30.3 Å². The molecule has 1 unspecified atom stereocenters. The second kappa shape index (κ2) is 6.68. The molecule has 26 heavy (non-hydrogen) atoms. The van der Waals surface area contributed by atoms with Gasteiger partial charge >= 0.3 is 0 Å². The number of nitrogens with one attached hydrogen (secondary N) is 2. The SMILES string of the molecule is O=C(NN1C(=O)c2ccccc2NC1c1ccc(Br)o1)c1ccccc1. The van der Waals surface area contributed by atoms with Crippen molar-refractivity contribution in [2.24, 2.45) is 0 Å². The minimum atomic E-state index is -0.670. The summed E-state index contributed by atoms with van der Waals surface area (Å²) in [5.74, 6) is -0.204. The predicted octanol–water partition coefficient (Wildman–Crippen LogP) is 3.95. The highest BCUT2D eigenvalue weighted by Gasteiger charge is 2.36. The van der Waals surface area contributed by atoms with Gasteiger partial charge < -0.3 is 9.73 Å². The number of carbonyl (C=O) groups excluding carboxylic acids is 2. The lowest BCUT2D eigenvalue weighted by Crippen LogP contribution is -2.52. The Labute approximate surface area is 157 Å². The van der Waals surface area contributed by atoms with Crippen molar-refractivity contribution in [2.75, 3.05) is 5.32 Å². The fraction of sp³-hybridized carbons (Fsp3) is 0.0526. The van der Waals surface area contributed by atoms with Crippen LogP contribution in [0.4, 0.5) is 5.69 Å². The van der Waals surface area contributed by atoms with Crippen molar-refractivity contribution in [2.45, 2.75) is 6.17 Å². The van der Waals surface area contributed by atoms with E-state index in [1.807, 2.05) is 18.2 Å². The third kappa shape index (κ3) is 2.97. The zero-order valence-corrected chi connectivity index (χ0v) is 15.1. The molecule has 6 nitrogen and oxygen atoms in total. The molecule has 130 valence electrons. The third-order valence-corrected chi connectivity index (χ3v) is 4.47. The van der Waals surface area contributed by atoms with E-state index in [9.17, 15) is 9.59 Å². The smallest absolute Gasteiger partial charge is 0.276 e. The Bertz CT molecular complexity index is 971. The Hall–Kier alpha value is -3.06. The molecule has 1 aromatic heterocycles. The lowest BCUT2D eigenvalue weighted by atomic mass is 10.1. The van der Waals surface area contributed by atoms with Crippen LogP contribution >= 0.6 is 15.9 Å². The number of anilines is 1. The number of amides is 2. The minimum Gasteiger partial charge on any atom is -0.450 e. The molecule has 0 saturated carbocycles. The molecule has 1 atom stereocenters. The fourth-order valence-corrected chi connectivity index (χ4v) is 3.13. The maximum Gasteiger partial charge on any atom is 0.276 e. The van der Waals surface area contributed by atoms with E-state index in [0.717, 1.165) is 0 Å². The fourth-order valence-electron chi connectivity index (χ4n) is 2.81. The summed E-state index contributed by atoms with van der Waals surface area (Å²) in [6, 6.07) is 19.3. The summed E-state index contributed by atoms with van der Waals surface area (Å²) in [4.78, 5) is 25.6. The number of carbonyl (C=O) groups is 2. The quantitative estimate of drug-likeness (QED) is 0.683. The molecule has 1 aliphatic rings. The van der Waals surface area contributed by atoms with Gasteiger partial charge in [-0.2, -0.15) is 0 Å². The number of para-hydroxylation sites is 1. The number of benzene rings is 2. The van der Waals surface area contributed by atoms with Gasteiger partial charge in [0.05, 0.1) is 5.56 Å². The van der Waals surface area contributed by atoms with Crippen LogP contribution in [0.25, 0.3) is 0 Å². The van der Waals surface area contributed by atoms with Crippen LogP contribution in [0.1, 0.15) is 32.6 Å². The van der Waals surface area contributed by atoms with Gasteiger partial charge in [-0.15, -0.1) is 0 Å². The summed E-state index contributed by atoms with van der Waals surface area (Å²) in [6.45, 7) is 0. The molecule has 0 radical (unpaired) electrons. The van der Waals surface area contributed by atoms with Gasteiger partial charge in [-0.25, -0.2) is 5.01 Å². The highest BCUT2D eigenvalue weighted by atomic mass is 79.9. The highest BCUT2D eigenvalue weighted by molar-refractivity contribution is 9.10. The van der Waals surface area contributed by atoms with Gasteiger partial charge in [0.25, 0.3) is 11.8 Å². The topological polar surface area (TPSA) is 74.6 Å². The summed E-state index contributed by atoms with van der Waals surface area (Å²) < 4.78 is 6.15. The molecule has 0 aliphatic carbocycles. The van der Waals surface area contributed by atoms with Gasteiger partial charge in [0.2, 0.25) is 0 Å². The van der Waals surface area contributed by atoms with Crippen LogP contribution in [0.5, 0.6) is 0 Å². The Morgan fingerprint density at radius 1 is 1.04 bits per heavy atom. The predicted molar refractivity (Wildman–Crippen MR) is 99.3 cm³/mol. The number of furan rings is 1. The molecule has 1 aliphatic heterocycles. The lowest BCUT2D eigenvalue weighted by Gasteiger charge is -2.36. The zero-order chi connectivity index (χ0) is 18.1. The van der Waals surface area contributed by atoms with E-state index < -0.39 is 6.17 Å². The van der Waals surface area contributed by atoms with Crippen LogP contribution in [-0.2, 0) is 0 Å². The number of hydrogen-bond donors (Lipinski definition) is 2. The first-order chi connectivity index (χ1) is 12.6. The van der Waals surface area contributed by atoms with Crippen molar-refractivity contribution in [1.82, 2.24) is 10.4 Å². The number of rotatable bonds is 3. The molecule has 4 rings (SSSR count). The van der Waals surface area contributed by atoms with Crippen LogP contribution in [0, 0.1) is 0 Å². The average Bonchev–Trinajstić information content (AvgIpc) is 3.10. The van der Waals surface area contributed by atoms with Crippen LogP contribution in [0.2, 0.25) is 0 Å². The van der Waals surface area contributed by atoms with E-state index in [2.05, 4.69) is 26.7 Å². The van der Waals surface area contributed by atoms with Crippen LogP contribution in [-0.4, -0.2) is 16.8 Å². The molecule has 0 bridgehead atoms. The van der Waals surface area contributed by atoms with Crippen LogP contribution in [0.15, 0.2) is 75.8 Å². The summed E-state index contributed by atoms with van der Waals surface area (Å²) >= 11 is 3.27. The number of hydrazine groups is 1. The Balaban J connectivity index is 1.71. The lowest BCUT2D eigenvalue weighted by molar-refractivity contribution is 0.0466. The molecule has 2 aromatic carbocycles. The molecule has 3 aromatic rings. The van der Waals surface area contributed by atoms with Crippen molar-refractivity contribution in [3.05, 3.63) is 88.3 Å². The third-order valence-electron chi connectivity index (χ3n) is 4.05. The standard InChI is InChI=1S/C19H14BrN3O3/c20-16-11-10-15(26-16)17-21-14-9-5-4-8-13(14)19(25)23(17)22-18(24)12-6-2-1-3-7-12/h1-11,17,21H,(H,22,24). The molecule has 0 saturated heterocycles. The van der Waals surface area contributed by atoms with Crippen molar-refractivity contribution in [3.63, 3.8) is 0 Å². The minimum absolute atomic E-state index is 0.318. The van der Waals surface area contributed by atoms with Crippen LogP contribution < -0.4 is 10.7 Å². The first kappa shape index (κ1) is 16.4. The van der Waals surface area contributed by atoms with Gasteiger partial charge in [0.1, 0.15) is 5.76 Å². The first-order valence-electron chi connectivity index (χ1n) is 7.94. The van der Waals surface area contributed by atoms with Crippen molar-refractivity contribution in [1.29, 1.82) is 0 Å². The maximum absolute atomic E-state index is 13.0. The van der Waals surface area contributed by atoms with Gasteiger partial charge in [-0.05, 0) is 52.3 Å². The molecular weight excluding hydrogens is 398 g/mol. The first-order valence-corrected chi connectivity index (χ1v) is 8.73. The second-order valence-electron chi connectivity index (χ2n) is 5.72. The van der Waals surface area contributed by atoms with E-state index >= 15 is 0 Å². The Morgan fingerprint density at radius 2 is 1.77 bits per heavy atom. The monoisotopic (exact) mass is 411 g/mol. The maximum atomic E-state index is 13.0. The largest absolute Gasteiger partial charge is 0.450 e. The van der Waals surface area contributed by atoms with E-state index in [-0.39, 0.29) is 11.8 Å². The van der Waals surface area contributed by atoms with Crippen LogP contribution in [0.3, 0.4) is 0 Å². The molecule has 2 amide bonds. The van der Waals surface area contributed by atoms with E-state index in [1.165, 1.54) is 5.01 Å². The average molecular weight is 412 g/mol. The molecule has 2 N–H and O–H groups in total. The molecule has 0 spiro atoms. The Morgan fingerprint density at radius 3 is 2.50 bits per heavy atom. The Kier molecular flexibility index (Phi) is 4.22. The zero-order valence-electron chi connectivity index (χ0n) is 13.5. The second-order valence-corrected chi connectivity index (χ2v) is 6.50. The van der Waals surface area contributed by atoms with Gasteiger partial charge in [-0.3, -0.25) is 15.0 Å². The number of halogens is 1. The van der Waals surface area contributed by atoms with E-state index in [0.29, 0.717) is 27.2 Å². The summed E-state index contributed by atoms with van der Waals surface area (Å²) in [7, 11) is 0. The highest BCUT2D eigenvalue weighted by Crippen LogP contribution is 2.33.